The van der Waals surface area contributed by atoms with Gasteiger partial charge in [-0.25, -0.2) is 4.90 Å². The zero-order valence-electron chi connectivity index (χ0n) is 11.5. The molecule has 0 bridgehead atoms. The highest BCUT2D eigenvalue weighted by Crippen LogP contribution is 2.30. The van der Waals surface area contributed by atoms with Gasteiger partial charge in [-0.1, -0.05) is 27.5 Å². The lowest BCUT2D eigenvalue weighted by atomic mass is 10.3. The van der Waals surface area contributed by atoms with Gasteiger partial charge in [0.25, 0.3) is 11.8 Å². The van der Waals surface area contributed by atoms with Gasteiger partial charge in [0.2, 0.25) is 0 Å². The minimum absolute atomic E-state index is 0.0811. The molecule has 7 heteroatoms. The van der Waals surface area contributed by atoms with Crippen LogP contribution in [0, 0.1) is 3.57 Å². The lowest BCUT2D eigenvalue weighted by molar-refractivity contribution is -0.120. The summed E-state index contributed by atoms with van der Waals surface area (Å²) in [4.78, 5) is 26.0. The first-order valence-corrected chi connectivity index (χ1v) is 8.79. The number of rotatable bonds is 3. The van der Waals surface area contributed by atoms with Crippen molar-refractivity contribution in [1.82, 2.24) is 0 Å². The van der Waals surface area contributed by atoms with E-state index in [9.17, 15) is 9.59 Å². The molecule has 0 atom stereocenters. The van der Waals surface area contributed by atoms with Gasteiger partial charge in [-0.3, -0.25) is 9.59 Å². The molecule has 4 nitrogen and oxygen atoms in total. The maximum atomic E-state index is 12.6. The van der Waals surface area contributed by atoms with Gasteiger partial charge in [-0.2, -0.15) is 0 Å². The molecular weight excluding hydrogens is 494 g/mol. The number of amides is 2. The Kier molecular flexibility index (Phi) is 4.74. The Hall–Kier alpha value is -1.38. The summed E-state index contributed by atoms with van der Waals surface area (Å²) in [5.41, 5.74) is 1.25. The first-order valence-electron chi connectivity index (χ1n) is 6.54. The van der Waals surface area contributed by atoms with Crippen molar-refractivity contribution in [2.24, 2.45) is 0 Å². The lowest BCUT2D eigenvalue weighted by Crippen LogP contribution is -2.32. The molecule has 0 spiro atoms. The second-order valence-corrected chi connectivity index (χ2v) is 7.28. The molecule has 0 aromatic heterocycles. The van der Waals surface area contributed by atoms with E-state index in [1.807, 2.05) is 24.3 Å². The number of anilines is 2. The maximum Gasteiger partial charge on any atom is 0.283 e. The summed E-state index contributed by atoms with van der Waals surface area (Å²) in [6.07, 6.45) is 0. The van der Waals surface area contributed by atoms with E-state index >= 15 is 0 Å². The third-order valence-electron chi connectivity index (χ3n) is 3.23. The zero-order valence-corrected chi connectivity index (χ0v) is 16.0. The van der Waals surface area contributed by atoms with Gasteiger partial charge in [0.05, 0.1) is 5.69 Å². The van der Waals surface area contributed by atoms with Gasteiger partial charge in [0, 0.05) is 13.7 Å². The summed E-state index contributed by atoms with van der Waals surface area (Å²) < 4.78 is 1.93. The molecule has 0 unspecified atom stereocenters. The average Bonchev–Trinajstić information content (AvgIpc) is 2.74. The Morgan fingerprint density at radius 2 is 1.57 bits per heavy atom. The van der Waals surface area contributed by atoms with Gasteiger partial charge in [-0.05, 0) is 71.1 Å². The van der Waals surface area contributed by atoms with Crippen LogP contribution in [-0.2, 0) is 9.59 Å². The van der Waals surface area contributed by atoms with Crippen molar-refractivity contribution in [1.29, 1.82) is 0 Å². The zero-order chi connectivity index (χ0) is 16.6. The van der Waals surface area contributed by atoms with Crippen LogP contribution >= 0.6 is 50.1 Å². The molecule has 1 aliphatic heterocycles. The second kappa shape index (κ2) is 6.62. The van der Waals surface area contributed by atoms with Crippen LogP contribution in [0.5, 0.6) is 0 Å². The molecule has 0 radical (unpaired) electrons. The number of benzene rings is 2. The highest BCUT2D eigenvalue weighted by molar-refractivity contribution is 14.1. The highest BCUT2D eigenvalue weighted by Gasteiger charge is 2.38. The fourth-order valence-electron chi connectivity index (χ4n) is 2.11. The van der Waals surface area contributed by atoms with E-state index in [0.29, 0.717) is 11.4 Å². The molecule has 0 saturated carbocycles. The van der Waals surface area contributed by atoms with E-state index < -0.39 is 11.8 Å². The van der Waals surface area contributed by atoms with Crippen molar-refractivity contribution in [3.05, 3.63) is 67.3 Å². The summed E-state index contributed by atoms with van der Waals surface area (Å²) in [5, 5.41) is 2.81. The number of nitrogens with zero attached hydrogens (tertiary/aromatic N) is 1. The van der Waals surface area contributed by atoms with Crippen LogP contribution in [0.2, 0.25) is 0 Å². The summed E-state index contributed by atoms with van der Waals surface area (Å²) in [6, 6.07) is 14.3. The number of hydrogen-bond donors (Lipinski definition) is 1. The monoisotopic (exact) mass is 502 g/mol. The van der Waals surface area contributed by atoms with E-state index in [-0.39, 0.29) is 10.7 Å². The number of nitrogens with one attached hydrogen (secondary N) is 1. The van der Waals surface area contributed by atoms with Crippen molar-refractivity contribution in [3.63, 3.8) is 0 Å². The third-order valence-corrected chi connectivity index (χ3v) is 4.82. The number of hydrogen-bond acceptors (Lipinski definition) is 3. The Bertz CT molecular complexity index is 819. The molecule has 0 fully saturated rings. The fourth-order valence-corrected chi connectivity index (χ4v) is 2.95. The Morgan fingerprint density at radius 1 is 0.957 bits per heavy atom. The van der Waals surface area contributed by atoms with Crippen LogP contribution in [0.3, 0.4) is 0 Å². The fraction of sp³-hybridized carbons (Fsp3) is 0. The van der Waals surface area contributed by atoms with Crippen LogP contribution in [0.4, 0.5) is 11.4 Å². The summed E-state index contributed by atoms with van der Waals surface area (Å²) in [5.74, 6) is -0.999. The molecule has 1 aliphatic rings. The van der Waals surface area contributed by atoms with Gasteiger partial charge in [0.15, 0.2) is 0 Å². The molecular formula is C16H9BrClIN2O2. The van der Waals surface area contributed by atoms with E-state index in [2.05, 4.69) is 43.8 Å². The lowest BCUT2D eigenvalue weighted by Gasteiger charge is -2.15. The molecule has 0 saturated heterocycles. The molecule has 2 amide bonds. The van der Waals surface area contributed by atoms with E-state index in [4.69, 9.17) is 11.6 Å². The molecule has 116 valence electrons. The number of carbonyl (C=O) groups excluding carboxylic acids is 2. The number of imide groups is 1. The molecule has 1 N–H and O–H groups in total. The highest BCUT2D eigenvalue weighted by atomic mass is 127. The molecule has 3 rings (SSSR count). The molecule has 1 heterocycles. The third kappa shape index (κ3) is 3.29. The van der Waals surface area contributed by atoms with E-state index in [1.54, 1.807) is 24.3 Å². The van der Waals surface area contributed by atoms with Crippen LogP contribution in [0.1, 0.15) is 0 Å². The number of carbonyl (C=O) groups is 2. The molecule has 2 aromatic carbocycles. The molecule has 0 aliphatic carbocycles. The van der Waals surface area contributed by atoms with E-state index in [1.165, 1.54) is 0 Å². The topological polar surface area (TPSA) is 49.4 Å². The van der Waals surface area contributed by atoms with Gasteiger partial charge in [-0.15, -0.1) is 0 Å². The second-order valence-electron chi connectivity index (χ2n) is 4.74. The SMILES string of the molecule is O=C1C(Cl)=C(Nc2ccc(Br)cc2)C(=O)N1c1ccc(I)cc1. The Morgan fingerprint density at radius 3 is 2.17 bits per heavy atom. The van der Waals surface area contributed by atoms with Crippen molar-refractivity contribution >= 4 is 73.3 Å². The minimum atomic E-state index is -0.530. The first-order chi connectivity index (χ1) is 11.0. The summed E-state index contributed by atoms with van der Waals surface area (Å²) in [7, 11) is 0. The quantitative estimate of drug-likeness (QED) is 0.496. The van der Waals surface area contributed by atoms with Crippen molar-refractivity contribution < 1.29 is 9.59 Å². The predicted molar refractivity (Wildman–Crippen MR) is 102 cm³/mol. The minimum Gasteiger partial charge on any atom is -0.350 e. The Balaban J connectivity index is 1.90. The maximum absolute atomic E-state index is 12.6. The standard InChI is InChI=1S/C16H9BrClIN2O2/c17-9-1-5-11(6-2-9)20-14-13(18)15(22)21(16(14)23)12-7-3-10(19)4-8-12/h1-8,20H. The van der Waals surface area contributed by atoms with Gasteiger partial charge >= 0.3 is 0 Å². The summed E-state index contributed by atoms with van der Waals surface area (Å²) in [6.45, 7) is 0. The molecule has 23 heavy (non-hydrogen) atoms. The van der Waals surface area contributed by atoms with Crippen LogP contribution in [0.25, 0.3) is 0 Å². The van der Waals surface area contributed by atoms with Gasteiger partial charge in [0.1, 0.15) is 10.7 Å². The largest absolute Gasteiger partial charge is 0.350 e. The first kappa shape index (κ1) is 16.5. The van der Waals surface area contributed by atoms with Crippen molar-refractivity contribution in [3.8, 4) is 0 Å². The smallest absolute Gasteiger partial charge is 0.283 e. The van der Waals surface area contributed by atoms with Crippen molar-refractivity contribution in [2.45, 2.75) is 0 Å². The Labute approximate surface area is 159 Å². The predicted octanol–water partition coefficient (Wildman–Crippen LogP) is 4.49. The van der Waals surface area contributed by atoms with E-state index in [0.717, 1.165) is 12.9 Å². The average molecular weight is 504 g/mol. The van der Waals surface area contributed by atoms with Crippen LogP contribution < -0.4 is 10.2 Å². The molecule has 2 aromatic rings. The van der Waals surface area contributed by atoms with Gasteiger partial charge < -0.3 is 5.32 Å². The summed E-state index contributed by atoms with van der Waals surface area (Å²) >= 11 is 11.6. The van der Waals surface area contributed by atoms with Crippen LogP contribution in [0.15, 0.2) is 63.7 Å². The van der Waals surface area contributed by atoms with Crippen molar-refractivity contribution in [2.75, 3.05) is 10.2 Å². The normalized spacial score (nSPS) is 14.7. The van der Waals surface area contributed by atoms with Crippen LogP contribution in [-0.4, -0.2) is 11.8 Å². The number of halogens is 3.